The summed E-state index contributed by atoms with van der Waals surface area (Å²) in [5.74, 6) is -5.23. The third-order valence-corrected chi connectivity index (χ3v) is 13.1. The quantitative estimate of drug-likeness (QED) is 0.0176. The maximum Gasteiger partial charge on any atom is 1.00 e. The van der Waals surface area contributed by atoms with Gasteiger partial charge in [0.2, 0.25) is 5.91 Å². The first-order valence-corrected chi connectivity index (χ1v) is 23.4. The number of aliphatic imine (C=N–C) groups is 1. The molecule has 6 aromatic carbocycles. The van der Waals surface area contributed by atoms with Crippen LogP contribution < -0.4 is 121 Å². The Kier molecular flexibility index (Phi) is 17.0. The van der Waals surface area contributed by atoms with Crippen molar-refractivity contribution in [3.8, 4) is 0 Å². The maximum absolute atomic E-state index is 13.7. The number of benzene rings is 6. The fourth-order valence-corrected chi connectivity index (χ4v) is 9.45. The number of amides is 1. The third kappa shape index (κ3) is 11.2. The van der Waals surface area contributed by atoms with Crippen molar-refractivity contribution in [1.82, 2.24) is 0 Å². The molecule has 0 aliphatic heterocycles. The van der Waals surface area contributed by atoms with Crippen molar-refractivity contribution in [2.24, 2.45) is 4.99 Å². The normalized spacial score (nSPS) is 13.1. The van der Waals surface area contributed by atoms with Crippen LogP contribution in [-0.2, 0) is 35.1 Å². The number of hydrogen-bond donors (Lipinski definition) is 6. The molecular weight excluding hydrogens is 1020 g/mol. The number of nitrogen functional groups attached to an aromatic ring is 2. The zero-order valence-corrected chi connectivity index (χ0v) is 45.4. The molecule has 0 saturated carbocycles. The van der Waals surface area contributed by atoms with Gasteiger partial charge in [0.25, 0.3) is 10.1 Å². The van der Waals surface area contributed by atoms with E-state index in [1.165, 1.54) is 72.8 Å². The zero-order valence-electron chi connectivity index (χ0n) is 37.0. The molecule has 71 heavy (non-hydrogen) atoms. The van der Waals surface area contributed by atoms with Gasteiger partial charge in [0.15, 0.2) is 23.1 Å². The molecule has 0 radical (unpaired) electrons. The van der Waals surface area contributed by atoms with Crippen LogP contribution in [0.1, 0.15) is 63.7 Å². The van der Waals surface area contributed by atoms with E-state index < -0.39 is 119 Å². The molecular formula is C44H27N6Na3O15S3. The number of carbonyl (C=O) groups is 5. The summed E-state index contributed by atoms with van der Waals surface area (Å²) in [6.45, 7) is 0. The van der Waals surface area contributed by atoms with Gasteiger partial charge in [-0.25, -0.2) is 16.8 Å². The largest absolute Gasteiger partial charge is 1.00 e. The number of carbonyl (C=O) groups excluding carboxylic acids is 5. The van der Waals surface area contributed by atoms with Crippen molar-refractivity contribution in [1.29, 1.82) is 0 Å². The molecule has 21 nitrogen and oxygen atoms in total. The summed E-state index contributed by atoms with van der Waals surface area (Å²) in [5.41, 5.74) is 7.26. The number of nitrogens with one attached hydrogen (secondary N) is 3. The van der Waals surface area contributed by atoms with E-state index >= 15 is 0 Å². The summed E-state index contributed by atoms with van der Waals surface area (Å²) in [4.78, 5) is 67.5. The number of anilines is 7. The molecule has 8 rings (SSSR count). The molecule has 0 atom stereocenters. The molecule has 8 N–H and O–H groups in total. The minimum absolute atomic E-state index is 0. The first kappa shape index (κ1) is 56.5. The molecule has 27 heteroatoms. The van der Waals surface area contributed by atoms with Gasteiger partial charge < -0.3 is 41.6 Å². The van der Waals surface area contributed by atoms with Gasteiger partial charge in [-0.1, -0.05) is 48.5 Å². The van der Waals surface area contributed by atoms with E-state index in [2.05, 4.69) is 20.9 Å². The van der Waals surface area contributed by atoms with Crippen LogP contribution in [0.5, 0.6) is 0 Å². The van der Waals surface area contributed by atoms with Crippen molar-refractivity contribution in [2.75, 3.05) is 27.4 Å². The molecule has 0 bridgehead atoms. The Morgan fingerprint density at radius 2 is 0.930 bits per heavy atom. The molecule has 1 amide bonds. The summed E-state index contributed by atoms with van der Waals surface area (Å²) < 4.78 is 108. The Morgan fingerprint density at radius 1 is 0.535 bits per heavy atom. The second-order valence-corrected chi connectivity index (χ2v) is 18.8. The van der Waals surface area contributed by atoms with Crippen LogP contribution in [-0.4, -0.2) is 73.8 Å². The van der Waals surface area contributed by atoms with Gasteiger partial charge in [0, 0.05) is 45.4 Å². The topological polar surface area (TPSA) is 378 Å². The van der Waals surface area contributed by atoms with Gasteiger partial charge in [-0.2, -0.15) is 8.42 Å². The Hall–Kier alpha value is -5.39. The molecule has 0 aromatic heterocycles. The number of ketones is 4. The second-order valence-electron chi connectivity index (χ2n) is 14.7. The van der Waals surface area contributed by atoms with Crippen LogP contribution in [0.25, 0.3) is 0 Å². The number of nitrogens with zero attached hydrogens (tertiary/aromatic N) is 1. The minimum Gasteiger partial charge on any atom is -0.859 e. The van der Waals surface area contributed by atoms with E-state index in [4.69, 9.17) is 11.5 Å². The van der Waals surface area contributed by atoms with Gasteiger partial charge in [0.1, 0.15) is 25.1 Å². The molecule has 6 aromatic rings. The van der Waals surface area contributed by atoms with Crippen molar-refractivity contribution < 1.29 is 157 Å². The fraction of sp³-hybridized carbons (Fsp3) is 0. The van der Waals surface area contributed by atoms with Crippen molar-refractivity contribution in [3.63, 3.8) is 0 Å². The van der Waals surface area contributed by atoms with Gasteiger partial charge in [-0.3, -0.25) is 33.5 Å². The SMILES string of the molecule is Nc1c(S(=O)(=O)[O-])cc(Nc2ccc(NC(=O)C=CC([O-])=Nc3ccc(Nc4cc(S(=O)(=O)O)c(N)c5c4C(=O)c4ccccc4C5=O)cc3S(=O)(=O)[O-])cc2)c2c1C(=O)c1ccccc1C2=O.[Na+].[Na+].[Na+]. The molecule has 0 heterocycles. The van der Waals surface area contributed by atoms with Crippen molar-refractivity contribution in [3.05, 3.63) is 160 Å². The van der Waals surface area contributed by atoms with Crippen molar-refractivity contribution >= 4 is 111 Å². The molecule has 2 aliphatic carbocycles. The summed E-state index contributed by atoms with van der Waals surface area (Å²) in [7, 11) is -15.8. The Morgan fingerprint density at radius 3 is 1.38 bits per heavy atom. The van der Waals surface area contributed by atoms with Crippen molar-refractivity contribution in [2.45, 2.75) is 14.7 Å². The van der Waals surface area contributed by atoms with Crippen LogP contribution in [0, 0.1) is 0 Å². The van der Waals surface area contributed by atoms with E-state index in [0.29, 0.717) is 12.1 Å². The van der Waals surface area contributed by atoms with Crippen LogP contribution in [0.15, 0.2) is 135 Å². The Labute approximate surface area is 469 Å². The van der Waals surface area contributed by atoms with Gasteiger partial charge in [-0.05, 0) is 66.6 Å². The minimum atomic E-state index is -5.44. The number of hydrogen-bond acceptors (Lipinski definition) is 19. The van der Waals surface area contributed by atoms with Crippen LogP contribution in [0.4, 0.5) is 45.5 Å². The molecule has 344 valence electrons. The third-order valence-electron chi connectivity index (χ3n) is 10.5. The van der Waals surface area contributed by atoms with E-state index in [1.54, 1.807) is 0 Å². The predicted molar refractivity (Wildman–Crippen MR) is 238 cm³/mol. The van der Waals surface area contributed by atoms with Gasteiger partial charge >= 0.3 is 88.7 Å². The molecule has 0 spiro atoms. The summed E-state index contributed by atoms with van der Waals surface area (Å²) in [5, 5.41) is 20.7. The smallest absolute Gasteiger partial charge is 0.859 e. The van der Waals surface area contributed by atoms with Gasteiger partial charge in [0.05, 0.1) is 60.5 Å². The summed E-state index contributed by atoms with van der Waals surface area (Å²) in [6.07, 6.45) is 1.36. The summed E-state index contributed by atoms with van der Waals surface area (Å²) in [6, 6.07) is 21.0. The van der Waals surface area contributed by atoms with E-state index in [9.17, 15) is 68.0 Å². The zero-order chi connectivity index (χ0) is 49.2. The van der Waals surface area contributed by atoms with Crippen LogP contribution >= 0.6 is 0 Å². The number of fused-ring (bicyclic) bond motifs is 4. The molecule has 0 unspecified atom stereocenters. The summed E-state index contributed by atoms with van der Waals surface area (Å²) >= 11 is 0. The monoisotopic (exact) mass is 1040 g/mol. The van der Waals surface area contributed by atoms with Gasteiger partial charge in [-0.15, -0.1) is 0 Å². The molecule has 0 fully saturated rings. The number of rotatable bonds is 11. The average Bonchev–Trinajstić information content (AvgIpc) is 3.27. The average molecular weight is 1040 g/mol. The first-order chi connectivity index (χ1) is 31.9. The maximum atomic E-state index is 13.7. The van der Waals surface area contributed by atoms with Crippen LogP contribution in [0.2, 0.25) is 0 Å². The molecule has 0 saturated heterocycles. The fourth-order valence-electron chi connectivity index (χ4n) is 7.52. The predicted octanol–water partition coefficient (Wildman–Crippen LogP) is -5.46. The number of nitrogens with two attached hydrogens (primary N) is 2. The van der Waals surface area contributed by atoms with E-state index in [0.717, 1.165) is 30.3 Å². The second kappa shape index (κ2) is 21.4. The first-order valence-electron chi connectivity index (χ1n) is 19.2. The van der Waals surface area contributed by atoms with E-state index in [-0.39, 0.29) is 139 Å². The Bertz CT molecular complexity index is 3720. The van der Waals surface area contributed by atoms with E-state index in [1.807, 2.05) is 0 Å². The van der Waals surface area contributed by atoms with Crippen LogP contribution in [0.3, 0.4) is 0 Å². The Balaban J connectivity index is 0.00000312. The standard InChI is InChI=1S/C44H30N6O15S3.3Na/c45-39-31(67(60,61)62)18-28(35-37(39)43(55)25-7-3-1-5-23(25)41(35)53)47-20-9-11-21(12-10-20)49-33(51)15-16-34(52)50-27-14-13-22(17-30(27)66(57,58)59)48-29-19-32(68(63,64)65)40(46)38-36(29)42(54)24-6-2-4-8-26(24)44(38)56;;;/h1-19,47-48H,45-46H2,(H,49,51)(H,50,52)(H,57,58,59)(H,60,61,62)(H,63,64,65);;;/q;3*+1/p-3. The molecule has 2 aliphatic rings.